The van der Waals surface area contributed by atoms with E-state index in [1.165, 1.54) is 24.3 Å². The normalized spacial score (nSPS) is 11.5. The number of carbonyl (C=O) groups is 1. The van der Waals surface area contributed by atoms with Crippen LogP contribution >= 0.6 is 0 Å². The number of rotatable bonds is 6. The molecule has 1 aromatic carbocycles. The van der Waals surface area contributed by atoms with Crippen LogP contribution in [0, 0.1) is 5.92 Å². The van der Waals surface area contributed by atoms with Crippen LogP contribution in [-0.2, 0) is 14.6 Å². The smallest absolute Gasteiger partial charge is 0.341 e. The van der Waals surface area contributed by atoms with Crippen LogP contribution in [0.25, 0.3) is 0 Å². The molecule has 6 heteroatoms. The highest BCUT2D eigenvalue weighted by Gasteiger charge is 2.16. The van der Waals surface area contributed by atoms with E-state index in [2.05, 4.69) is 0 Å². The van der Waals surface area contributed by atoms with Gasteiger partial charge in [0.15, 0.2) is 16.4 Å². The van der Waals surface area contributed by atoms with Crippen molar-refractivity contribution < 1.29 is 23.1 Å². The number of hydrogen-bond donors (Lipinski definition) is 1. The van der Waals surface area contributed by atoms with Gasteiger partial charge in [-0.2, -0.15) is 0 Å². The molecule has 0 amide bonds. The first-order valence-electron chi connectivity index (χ1n) is 5.48. The molecule has 0 spiro atoms. The number of carboxylic acid groups (broad SMARTS) is 1. The van der Waals surface area contributed by atoms with Crippen molar-refractivity contribution in [3.05, 3.63) is 24.3 Å². The summed E-state index contributed by atoms with van der Waals surface area (Å²) >= 11 is 0. The lowest BCUT2D eigenvalue weighted by Gasteiger charge is -2.08. The summed E-state index contributed by atoms with van der Waals surface area (Å²) in [5, 5.41) is 8.44. The van der Waals surface area contributed by atoms with Crippen LogP contribution in [0.5, 0.6) is 5.75 Å². The molecule has 1 N–H and O–H groups in total. The molecular weight excluding hydrogens is 256 g/mol. The zero-order valence-electron chi connectivity index (χ0n) is 10.3. The Morgan fingerprint density at radius 3 is 2.28 bits per heavy atom. The molecule has 100 valence electrons. The topological polar surface area (TPSA) is 80.7 Å². The van der Waals surface area contributed by atoms with Crippen molar-refractivity contribution in [2.24, 2.45) is 5.92 Å². The molecule has 0 aliphatic heterocycles. The van der Waals surface area contributed by atoms with Gasteiger partial charge < -0.3 is 9.84 Å². The molecule has 0 saturated heterocycles. The van der Waals surface area contributed by atoms with Crippen LogP contribution in [0.4, 0.5) is 0 Å². The SMILES string of the molecule is CC(C)CS(=O)(=O)c1ccc(OCC(=O)O)cc1. The van der Waals surface area contributed by atoms with Crippen molar-refractivity contribution in [2.75, 3.05) is 12.4 Å². The maximum Gasteiger partial charge on any atom is 0.341 e. The summed E-state index contributed by atoms with van der Waals surface area (Å²) in [6.45, 7) is 3.22. The Labute approximate surface area is 106 Å². The molecule has 18 heavy (non-hydrogen) atoms. The van der Waals surface area contributed by atoms with E-state index in [4.69, 9.17) is 9.84 Å². The Balaban J connectivity index is 2.79. The minimum atomic E-state index is -3.28. The Kier molecular flexibility index (Phi) is 4.72. The number of carboxylic acids is 1. The van der Waals surface area contributed by atoms with Gasteiger partial charge in [0.2, 0.25) is 0 Å². The summed E-state index contributed by atoms with van der Waals surface area (Å²) in [7, 11) is -3.28. The minimum Gasteiger partial charge on any atom is -0.482 e. The third-order valence-corrected chi connectivity index (χ3v) is 4.19. The fraction of sp³-hybridized carbons (Fsp3) is 0.417. The molecule has 0 saturated carbocycles. The van der Waals surface area contributed by atoms with Crippen LogP contribution in [0.2, 0.25) is 0 Å². The Bertz CT molecular complexity index is 502. The van der Waals surface area contributed by atoms with Crippen LogP contribution in [0.15, 0.2) is 29.2 Å². The van der Waals surface area contributed by atoms with Gasteiger partial charge in [0.1, 0.15) is 5.75 Å². The lowest BCUT2D eigenvalue weighted by molar-refractivity contribution is -0.139. The number of benzene rings is 1. The van der Waals surface area contributed by atoms with Gasteiger partial charge in [0.25, 0.3) is 0 Å². The predicted molar refractivity (Wildman–Crippen MR) is 66.5 cm³/mol. The molecule has 0 heterocycles. The van der Waals surface area contributed by atoms with E-state index in [0.717, 1.165) is 0 Å². The second-order valence-electron chi connectivity index (χ2n) is 4.33. The summed E-state index contributed by atoms with van der Waals surface area (Å²) in [5.41, 5.74) is 0. The highest BCUT2D eigenvalue weighted by Crippen LogP contribution is 2.18. The highest BCUT2D eigenvalue weighted by molar-refractivity contribution is 7.91. The zero-order valence-corrected chi connectivity index (χ0v) is 11.1. The van der Waals surface area contributed by atoms with E-state index >= 15 is 0 Å². The van der Waals surface area contributed by atoms with Crippen molar-refractivity contribution in [2.45, 2.75) is 18.7 Å². The highest BCUT2D eigenvalue weighted by atomic mass is 32.2. The second-order valence-corrected chi connectivity index (χ2v) is 6.36. The molecule has 0 bridgehead atoms. The maximum absolute atomic E-state index is 11.9. The summed E-state index contributed by atoms with van der Waals surface area (Å²) < 4.78 is 28.7. The van der Waals surface area contributed by atoms with Gasteiger partial charge in [0.05, 0.1) is 10.6 Å². The molecule has 0 aliphatic rings. The van der Waals surface area contributed by atoms with Crippen LogP contribution in [0.1, 0.15) is 13.8 Å². The van der Waals surface area contributed by atoms with E-state index in [-0.39, 0.29) is 16.6 Å². The van der Waals surface area contributed by atoms with Crippen LogP contribution in [-0.4, -0.2) is 31.9 Å². The van der Waals surface area contributed by atoms with Gasteiger partial charge >= 0.3 is 5.97 Å². The van der Waals surface area contributed by atoms with Gasteiger partial charge in [0, 0.05) is 0 Å². The van der Waals surface area contributed by atoms with Crippen LogP contribution in [0.3, 0.4) is 0 Å². The van der Waals surface area contributed by atoms with Crippen LogP contribution < -0.4 is 4.74 Å². The van der Waals surface area contributed by atoms with Crippen molar-refractivity contribution in [1.82, 2.24) is 0 Å². The summed E-state index contributed by atoms with van der Waals surface area (Å²) in [6, 6.07) is 5.76. The fourth-order valence-corrected chi connectivity index (χ4v) is 3.04. The van der Waals surface area contributed by atoms with E-state index in [9.17, 15) is 13.2 Å². The van der Waals surface area contributed by atoms with Gasteiger partial charge in [-0.1, -0.05) is 13.8 Å². The van der Waals surface area contributed by atoms with E-state index in [0.29, 0.717) is 5.75 Å². The average Bonchev–Trinajstić information content (AvgIpc) is 2.25. The number of aliphatic carboxylic acids is 1. The monoisotopic (exact) mass is 272 g/mol. The molecule has 0 unspecified atom stereocenters. The van der Waals surface area contributed by atoms with Crippen molar-refractivity contribution in [1.29, 1.82) is 0 Å². The fourth-order valence-electron chi connectivity index (χ4n) is 1.42. The predicted octanol–water partition coefficient (Wildman–Crippen LogP) is 1.58. The Morgan fingerprint density at radius 2 is 1.83 bits per heavy atom. The van der Waals surface area contributed by atoms with Gasteiger partial charge in [-0.25, -0.2) is 13.2 Å². The molecule has 0 aromatic heterocycles. The second kappa shape index (κ2) is 5.86. The summed E-state index contributed by atoms with van der Waals surface area (Å²) in [6.07, 6.45) is 0. The largest absolute Gasteiger partial charge is 0.482 e. The minimum absolute atomic E-state index is 0.0536. The number of ether oxygens (including phenoxy) is 1. The third kappa shape index (κ3) is 4.37. The number of hydrogen-bond acceptors (Lipinski definition) is 4. The van der Waals surface area contributed by atoms with Crippen molar-refractivity contribution in [3.8, 4) is 5.75 Å². The Hall–Kier alpha value is -1.56. The quantitative estimate of drug-likeness (QED) is 0.850. The molecule has 1 aromatic rings. The summed E-state index contributed by atoms with van der Waals surface area (Å²) in [5.74, 6) is -0.604. The van der Waals surface area contributed by atoms with Gasteiger partial charge in [-0.05, 0) is 30.2 Å². The summed E-state index contributed by atoms with van der Waals surface area (Å²) in [4.78, 5) is 10.5. The first kappa shape index (κ1) is 14.5. The molecule has 5 nitrogen and oxygen atoms in total. The average molecular weight is 272 g/mol. The lowest BCUT2D eigenvalue weighted by Crippen LogP contribution is -2.12. The maximum atomic E-state index is 11.9. The van der Waals surface area contributed by atoms with Gasteiger partial charge in [-0.3, -0.25) is 0 Å². The molecule has 0 aliphatic carbocycles. The molecular formula is C12H16O5S. The zero-order chi connectivity index (χ0) is 13.8. The van der Waals surface area contributed by atoms with Gasteiger partial charge in [-0.15, -0.1) is 0 Å². The standard InChI is InChI=1S/C12H16O5S/c1-9(2)8-18(15,16)11-5-3-10(4-6-11)17-7-12(13)14/h3-6,9H,7-8H2,1-2H3,(H,13,14). The lowest BCUT2D eigenvalue weighted by atomic mass is 10.3. The first-order valence-corrected chi connectivity index (χ1v) is 7.14. The van der Waals surface area contributed by atoms with Crippen molar-refractivity contribution >= 4 is 15.8 Å². The van der Waals surface area contributed by atoms with E-state index in [1.54, 1.807) is 0 Å². The molecule has 1 rings (SSSR count). The number of sulfone groups is 1. The van der Waals surface area contributed by atoms with E-state index < -0.39 is 22.4 Å². The van der Waals surface area contributed by atoms with Crippen molar-refractivity contribution in [3.63, 3.8) is 0 Å². The Morgan fingerprint density at radius 1 is 1.28 bits per heavy atom. The molecule has 0 radical (unpaired) electrons. The van der Waals surface area contributed by atoms with E-state index in [1.807, 2.05) is 13.8 Å². The molecule has 0 atom stereocenters. The molecule has 0 fully saturated rings. The third-order valence-electron chi connectivity index (χ3n) is 2.10. The first-order chi connectivity index (χ1) is 8.31.